The monoisotopic (exact) mass is 318 g/mol. The van der Waals surface area contributed by atoms with Crippen LogP contribution in [-0.4, -0.2) is 24.2 Å². The topological polar surface area (TPSA) is 37.0 Å². The Morgan fingerprint density at radius 1 is 1.04 bits per heavy atom. The maximum Gasteiger partial charge on any atom is 0.109 e. The molecule has 0 unspecified atom stereocenters. The summed E-state index contributed by atoms with van der Waals surface area (Å²) in [5, 5.41) is 5.16. The van der Waals surface area contributed by atoms with E-state index in [-0.39, 0.29) is 11.6 Å². The van der Waals surface area contributed by atoms with Crippen LogP contribution in [0.15, 0.2) is 54.6 Å². The molecule has 0 aliphatic carbocycles. The fourth-order valence-electron chi connectivity index (χ4n) is 4.38. The van der Waals surface area contributed by atoms with Gasteiger partial charge in [-0.2, -0.15) is 0 Å². The molecule has 5 rings (SSSR count). The van der Waals surface area contributed by atoms with Crippen molar-refractivity contribution in [1.82, 2.24) is 10.3 Å². The predicted octanol–water partition coefficient (Wildman–Crippen LogP) is 3.54. The summed E-state index contributed by atoms with van der Waals surface area (Å²) in [5.74, 6) is 0. The number of hydrogen-bond donors (Lipinski definition) is 2. The van der Waals surface area contributed by atoms with Gasteiger partial charge in [0.2, 0.25) is 0 Å². The normalized spacial score (nSPS) is 25.6. The molecule has 0 bridgehead atoms. The molecule has 3 heteroatoms. The van der Waals surface area contributed by atoms with Crippen LogP contribution in [0, 0.1) is 0 Å². The highest BCUT2D eigenvalue weighted by Gasteiger charge is 2.52. The molecule has 0 saturated carbocycles. The Labute approximate surface area is 142 Å². The zero-order valence-corrected chi connectivity index (χ0v) is 13.7. The molecule has 3 aromatic rings. The van der Waals surface area contributed by atoms with Gasteiger partial charge in [0.1, 0.15) is 5.54 Å². The van der Waals surface area contributed by atoms with Gasteiger partial charge < -0.3 is 15.0 Å². The summed E-state index contributed by atoms with van der Waals surface area (Å²) in [5.41, 5.74) is 5.45. The van der Waals surface area contributed by atoms with E-state index in [9.17, 15) is 0 Å². The number of fused-ring (bicyclic) bond motifs is 4. The van der Waals surface area contributed by atoms with Crippen molar-refractivity contribution in [2.24, 2.45) is 0 Å². The Balaban J connectivity index is 1.46. The van der Waals surface area contributed by atoms with E-state index >= 15 is 0 Å². The third kappa shape index (κ3) is 2.05. The van der Waals surface area contributed by atoms with Gasteiger partial charge in [0, 0.05) is 23.1 Å². The lowest BCUT2D eigenvalue weighted by molar-refractivity contribution is -0.161. The van der Waals surface area contributed by atoms with Gasteiger partial charge >= 0.3 is 0 Å². The Hall–Kier alpha value is -2.10. The van der Waals surface area contributed by atoms with E-state index in [0.717, 1.165) is 32.4 Å². The van der Waals surface area contributed by atoms with Crippen LogP contribution in [0.3, 0.4) is 0 Å². The number of H-pyrrole nitrogens is 1. The molecule has 122 valence electrons. The van der Waals surface area contributed by atoms with Crippen LogP contribution in [0.4, 0.5) is 0 Å². The standard InChI is InChI=1S/C21H22N2O/c1-2-6-15(7-3-1)10-11-19-21(14-24-19)20-17(12-13-22-21)16-8-4-5-9-18(16)23-20/h1-9,19,22-23H,10-14H2/t19-,21-/m1/s1. The summed E-state index contributed by atoms with van der Waals surface area (Å²) in [6.07, 6.45) is 3.44. The highest BCUT2D eigenvalue weighted by Crippen LogP contribution is 2.43. The summed E-state index contributed by atoms with van der Waals surface area (Å²) in [6, 6.07) is 19.4. The van der Waals surface area contributed by atoms with Gasteiger partial charge in [-0.3, -0.25) is 0 Å². The zero-order valence-electron chi connectivity index (χ0n) is 13.7. The van der Waals surface area contributed by atoms with Crippen molar-refractivity contribution in [2.45, 2.75) is 30.9 Å². The first kappa shape index (κ1) is 14.3. The van der Waals surface area contributed by atoms with E-state index in [4.69, 9.17) is 4.74 Å². The van der Waals surface area contributed by atoms with Crippen LogP contribution in [0.25, 0.3) is 10.9 Å². The molecule has 1 spiro atoms. The second-order valence-corrected chi connectivity index (χ2v) is 7.00. The number of aromatic amines is 1. The largest absolute Gasteiger partial charge is 0.373 e. The molecule has 2 atom stereocenters. The van der Waals surface area contributed by atoms with Gasteiger partial charge in [-0.05, 0) is 36.5 Å². The van der Waals surface area contributed by atoms with Crippen LogP contribution in [-0.2, 0) is 23.1 Å². The number of rotatable bonds is 3. The molecule has 3 nitrogen and oxygen atoms in total. The van der Waals surface area contributed by atoms with Crippen molar-refractivity contribution in [2.75, 3.05) is 13.2 Å². The van der Waals surface area contributed by atoms with Crippen LogP contribution < -0.4 is 5.32 Å². The molecule has 0 radical (unpaired) electrons. The Kier molecular flexibility index (Phi) is 3.25. The van der Waals surface area contributed by atoms with Crippen LogP contribution in [0.5, 0.6) is 0 Å². The Morgan fingerprint density at radius 2 is 1.88 bits per heavy atom. The fraction of sp³-hybridized carbons (Fsp3) is 0.333. The minimum atomic E-state index is -0.0264. The molecule has 1 saturated heterocycles. The van der Waals surface area contributed by atoms with Crippen molar-refractivity contribution < 1.29 is 4.74 Å². The number of hydrogen-bond acceptors (Lipinski definition) is 2. The average molecular weight is 318 g/mol. The molecule has 3 heterocycles. The van der Waals surface area contributed by atoms with Gasteiger partial charge in [-0.25, -0.2) is 0 Å². The van der Waals surface area contributed by atoms with Crippen molar-refractivity contribution in [1.29, 1.82) is 0 Å². The summed E-state index contributed by atoms with van der Waals surface area (Å²) in [4.78, 5) is 3.69. The van der Waals surface area contributed by atoms with Crippen molar-refractivity contribution in [3.63, 3.8) is 0 Å². The SMILES string of the molecule is c1ccc(CC[C@H]2OC[C@@]23NCCc2c3[nH]c3ccccc23)cc1. The fourth-order valence-corrected chi connectivity index (χ4v) is 4.38. The van der Waals surface area contributed by atoms with Gasteiger partial charge in [0.05, 0.1) is 12.7 Å². The quantitative estimate of drug-likeness (QED) is 0.775. The van der Waals surface area contributed by atoms with Crippen LogP contribution in [0.1, 0.15) is 23.2 Å². The molecule has 2 N–H and O–H groups in total. The second-order valence-electron chi connectivity index (χ2n) is 7.00. The minimum Gasteiger partial charge on any atom is -0.373 e. The van der Waals surface area contributed by atoms with Crippen molar-refractivity contribution >= 4 is 10.9 Å². The van der Waals surface area contributed by atoms with E-state index < -0.39 is 0 Å². The van der Waals surface area contributed by atoms with E-state index in [2.05, 4.69) is 64.9 Å². The van der Waals surface area contributed by atoms with Crippen molar-refractivity contribution in [3.05, 3.63) is 71.4 Å². The number of ether oxygens (including phenoxy) is 1. The second kappa shape index (κ2) is 5.47. The number of aromatic nitrogens is 1. The lowest BCUT2D eigenvalue weighted by atomic mass is 9.77. The summed E-state index contributed by atoms with van der Waals surface area (Å²) in [6.45, 7) is 1.80. The third-order valence-electron chi connectivity index (χ3n) is 5.68. The number of para-hydroxylation sites is 1. The summed E-state index contributed by atoms with van der Waals surface area (Å²) < 4.78 is 6.02. The molecule has 24 heavy (non-hydrogen) atoms. The molecule has 1 fully saturated rings. The molecular weight excluding hydrogens is 296 g/mol. The zero-order chi connectivity index (χ0) is 16.0. The summed E-state index contributed by atoms with van der Waals surface area (Å²) in [7, 11) is 0. The van der Waals surface area contributed by atoms with E-state index in [0.29, 0.717) is 0 Å². The Morgan fingerprint density at radius 3 is 2.71 bits per heavy atom. The lowest BCUT2D eigenvalue weighted by Gasteiger charge is -2.51. The minimum absolute atomic E-state index is 0.0264. The maximum absolute atomic E-state index is 6.02. The highest BCUT2D eigenvalue weighted by atomic mass is 16.5. The van der Waals surface area contributed by atoms with Gasteiger partial charge in [0.15, 0.2) is 0 Å². The van der Waals surface area contributed by atoms with Gasteiger partial charge in [-0.15, -0.1) is 0 Å². The highest BCUT2D eigenvalue weighted by molar-refractivity contribution is 5.85. The van der Waals surface area contributed by atoms with Crippen molar-refractivity contribution in [3.8, 4) is 0 Å². The van der Waals surface area contributed by atoms with Crippen LogP contribution in [0.2, 0.25) is 0 Å². The molecular formula is C21H22N2O. The lowest BCUT2D eigenvalue weighted by Crippen LogP contribution is -2.66. The Bertz CT molecular complexity index is 870. The summed E-state index contributed by atoms with van der Waals surface area (Å²) >= 11 is 0. The maximum atomic E-state index is 6.02. The predicted molar refractivity (Wildman–Crippen MR) is 96.2 cm³/mol. The average Bonchev–Trinajstić information content (AvgIpc) is 3.01. The third-order valence-corrected chi connectivity index (χ3v) is 5.68. The molecule has 1 aromatic heterocycles. The molecule has 0 amide bonds. The number of aryl methyl sites for hydroxylation is 1. The van der Waals surface area contributed by atoms with Crippen LogP contribution >= 0.6 is 0 Å². The number of nitrogens with one attached hydrogen (secondary N) is 2. The molecule has 2 aliphatic rings. The van der Waals surface area contributed by atoms with E-state index in [1.54, 1.807) is 0 Å². The first-order chi connectivity index (χ1) is 11.9. The molecule has 2 aromatic carbocycles. The van der Waals surface area contributed by atoms with E-state index in [1.807, 2.05) is 0 Å². The smallest absolute Gasteiger partial charge is 0.109 e. The van der Waals surface area contributed by atoms with E-state index in [1.165, 1.54) is 27.7 Å². The first-order valence-corrected chi connectivity index (χ1v) is 8.87. The number of benzene rings is 2. The molecule has 2 aliphatic heterocycles. The van der Waals surface area contributed by atoms with Gasteiger partial charge in [-0.1, -0.05) is 48.5 Å². The van der Waals surface area contributed by atoms with Gasteiger partial charge in [0.25, 0.3) is 0 Å². The first-order valence-electron chi connectivity index (χ1n) is 8.87.